The monoisotopic (exact) mass is 266 g/mol. The van der Waals surface area contributed by atoms with Gasteiger partial charge in [0.05, 0.1) is 6.10 Å². The van der Waals surface area contributed by atoms with Gasteiger partial charge in [-0.1, -0.05) is 43.4 Å². The quantitative estimate of drug-likeness (QED) is 0.750. The Kier molecular flexibility index (Phi) is 4.69. The molecule has 0 radical (unpaired) electrons. The van der Waals surface area contributed by atoms with Gasteiger partial charge in [0.1, 0.15) is 0 Å². The second-order valence-corrected chi connectivity index (χ2v) is 6.06. The van der Waals surface area contributed by atoms with Gasteiger partial charge in [0.2, 0.25) is 0 Å². The van der Waals surface area contributed by atoms with E-state index >= 15 is 0 Å². The number of hydrogen-bond donors (Lipinski definition) is 1. The molecule has 0 bridgehead atoms. The van der Waals surface area contributed by atoms with Crippen LogP contribution in [0.2, 0.25) is 5.02 Å². The topological polar surface area (TPSA) is 20.2 Å². The van der Waals surface area contributed by atoms with Gasteiger partial charge in [-0.15, -0.1) is 0 Å². The molecule has 1 aromatic carbocycles. The highest BCUT2D eigenvalue weighted by Crippen LogP contribution is 2.36. The zero-order chi connectivity index (χ0) is 13.1. The third kappa shape index (κ3) is 3.07. The number of aryl methyl sites for hydroxylation is 2. The van der Waals surface area contributed by atoms with Crippen LogP contribution in [0.25, 0.3) is 0 Å². The first-order valence-corrected chi connectivity index (χ1v) is 7.42. The third-order valence-corrected chi connectivity index (χ3v) is 4.62. The van der Waals surface area contributed by atoms with Crippen molar-refractivity contribution < 1.29 is 5.11 Å². The molecule has 0 amide bonds. The van der Waals surface area contributed by atoms with Crippen molar-refractivity contribution >= 4 is 11.6 Å². The molecule has 1 N–H and O–H groups in total. The van der Waals surface area contributed by atoms with Crippen LogP contribution in [-0.4, -0.2) is 5.11 Å². The van der Waals surface area contributed by atoms with Crippen LogP contribution in [0, 0.1) is 19.8 Å². The Morgan fingerprint density at radius 2 is 1.67 bits per heavy atom. The maximum Gasteiger partial charge on any atom is 0.0820 e. The lowest BCUT2D eigenvalue weighted by molar-refractivity contribution is 0.0982. The predicted octanol–water partition coefficient (Wildman–Crippen LogP) is 4.96. The molecule has 18 heavy (non-hydrogen) atoms. The molecule has 1 aliphatic carbocycles. The molecule has 0 spiro atoms. The Labute approximate surface area is 115 Å². The Balaban J connectivity index is 2.21. The van der Waals surface area contributed by atoms with Crippen LogP contribution in [0.5, 0.6) is 0 Å². The summed E-state index contributed by atoms with van der Waals surface area (Å²) in [4.78, 5) is 0. The van der Waals surface area contributed by atoms with Gasteiger partial charge in [0.25, 0.3) is 0 Å². The highest BCUT2D eigenvalue weighted by Gasteiger charge is 2.23. The second-order valence-electron chi connectivity index (χ2n) is 5.65. The lowest BCUT2D eigenvalue weighted by atomic mass is 9.87. The minimum atomic E-state index is -0.320. The number of hydrogen-bond acceptors (Lipinski definition) is 1. The van der Waals surface area contributed by atoms with Gasteiger partial charge < -0.3 is 5.11 Å². The Hall–Kier alpha value is -0.530. The first kappa shape index (κ1) is 13.9. The highest BCUT2D eigenvalue weighted by molar-refractivity contribution is 6.31. The summed E-state index contributed by atoms with van der Waals surface area (Å²) in [5.41, 5.74) is 3.25. The van der Waals surface area contributed by atoms with Crippen LogP contribution in [0.3, 0.4) is 0 Å². The predicted molar refractivity (Wildman–Crippen MR) is 77.1 cm³/mol. The van der Waals surface area contributed by atoms with E-state index < -0.39 is 0 Å². The van der Waals surface area contributed by atoms with E-state index in [1.807, 2.05) is 19.9 Å². The van der Waals surface area contributed by atoms with Crippen molar-refractivity contribution in [2.45, 2.75) is 58.5 Å². The molecule has 2 heteroatoms. The summed E-state index contributed by atoms with van der Waals surface area (Å²) in [7, 11) is 0. The minimum Gasteiger partial charge on any atom is -0.388 e. The summed E-state index contributed by atoms with van der Waals surface area (Å²) in [6.07, 6.45) is 7.15. The van der Waals surface area contributed by atoms with Crippen LogP contribution in [0.15, 0.2) is 12.1 Å². The molecular formula is C16H23ClO. The number of aliphatic hydroxyl groups is 1. The molecule has 0 aromatic heterocycles. The molecule has 1 unspecified atom stereocenters. The summed E-state index contributed by atoms with van der Waals surface area (Å²) < 4.78 is 0. The molecule has 1 aromatic rings. The number of rotatable bonds is 2. The van der Waals surface area contributed by atoms with E-state index in [-0.39, 0.29) is 6.10 Å². The van der Waals surface area contributed by atoms with Crippen molar-refractivity contribution in [3.8, 4) is 0 Å². The molecule has 1 atom stereocenters. The Morgan fingerprint density at radius 3 is 2.28 bits per heavy atom. The average molecular weight is 267 g/mol. The summed E-state index contributed by atoms with van der Waals surface area (Å²) in [5.74, 6) is 0.423. The van der Waals surface area contributed by atoms with Crippen molar-refractivity contribution in [3.05, 3.63) is 33.8 Å². The summed E-state index contributed by atoms with van der Waals surface area (Å²) in [6.45, 7) is 4.05. The van der Waals surface area contributed by atoms with Gasteiger partial charge in [0.15, 0.2) is 0 Å². The lowest BCUT2D eigenvalue weighted by Gasteiger charge is -2.23. The molecular weight excluding hydrogens is 244 g/mol. The fraction of sp³-hybridized carbons (Fsp3) is 0.625. The minimum absolute atomic E-state index is 0.320. The van der Waals surface area contributed by atoms with Crippen molar-refractivity contribution in [3.63, 3.8) is 0 Å². The van der Waals surface area contributed by atoms with E-state index in [2.05, 4.69) is 6.07 Å². The molecule has 0 heterocycles. The number of aliphatic hydroxyl groups excluding tert-OH is 1. The maximum absolute atomic E-state index is 10.6. The van der Waals surface area contributed by atoms with Gasteiger partial charge in [-0.25, -0.2) is 0 Å². The molecule has 0 aliphatic heterocycles. The van der Waals surface area contributed by atoms with Gasteiger partial charge in [-0.2, -0.15) is 0 Å². The standard InChI is InChI=1S/C16H23ClO/c1-11-10-15(17)12(2)9-14(11)16(18)13-7-5-3-4-6-8-13/h9-10,13,16,18H,3-8H2,1-2H3. The van der Waals surface area contributed by atoms with Crippen LogP contribution in [0.1, 0.15) is 61.3 Å². The summed E-state index contributed by atoms with van der Waals surface area (Å²) >= 11 is 6.12. The molecule has 0 saturated heterocycles. The van der Waals surface area contributed by atoms with Crippen LogP contribution in [0.4, 0.5) is 0 Å². The zero-order valence-corrected chi connectivity index (χ0v) is 12.1. The largest absolute Gasteiger partial charge is 0.388 e. The van der Waals surface area contributed by atoms with E-state index in [9.17, 15) is 5.11 Å². The van der Waals surface area contributed by atoms with E-state index in [0.29, 0.717) is 5.92 Å². The van der Waals surface area contributed by atoms with Crippen LogP contribution < -0.4 is 0 Å². The molecule has 1 nitrogen and oxygen atoms in total. The number of benzene rings is 1. The van der Waals surface area contributed by atoms with E-state index in [4.69, 9.17) is 11.6 Å². The van der Waals surface area contributed by atoms with E-state index in [1.54, 1.807) is 0 Å². The number of halogens is 1. The highest BCUT2D eigenvalue weighted by atomic mass is 35.5. The Bertz CT molecular complexity index is 406. The molecule has 1 aliphatic rings. The van der Waals surface area contributed by atoms with Gasteiger partial charge >= 0.3 is 0 Å². The average Bonchev–Trinajstić information content (AvgIpc) is 2.61. The van der Waals surface area contributed by atoms with E-state index in [0.717, 1.165) is 34.6 Å². The van der Waals surface area contributed by atoms with Crippen molar-refractivity contribution in [2.24, 2.45) is 5.92 Å². The normalized spacial score (nSPS) is 19.6. The smallest absolute Gasteiger partial charge is 0.0820 e. The summed E-state index contributed by atoms with van der Waals surface area (Å²) in [5, 5.41) is 11.4. The van der Waals surface area contributed by atoms with Gasteiger partial charge in [0, 0.05) is 5.02 Å². The third-order valence-electron chi connectivity index (χ3n) is 4.21. The second kappa shape index (κ2) is 6.08. The van der Waals surface area contributed by atoms with Gasteiger partial charge in [-0.05, 0) is 55.4 Å². The molecule has 2 rings (SSSR count). The molecule has 100 valence electrons. The lowest BCUT2D eigenvalue weighted by Crippen LogP contribution is -2.13. The SMILES string of the molecule is Cc1cc(C(O)C2CCCCCC2)c(C)cc1Cl. The van der Waals surface area contributed by atoms with Crippen LogP contribution >= 0.6 is 11.6 Å². The van der Waals surface area contributed by atoms with Gasteiger partial charge in [-0.3, -0.25) is 0 Å². The van der Waals surface area contributed by atoms with Crippen molar-refractivity contribution in [1.82, 2.24) is 0 Å². The maximum atomic E-state index is 10.6. The van der Waals surface area contributed by atoms with E-state index in [1.165, 1.54) is 25.7 Å². The fourth-order valence-electron chi connectivity index (χ4n) is 3.00. The molecule has 1 fully saturated rings. The van der Waals surface area contributed by atoms with Crippen LogP contribution in [-0.2, 0) is 0 Å². The molecule has 1 saturated carbocycles. The zero-order valence-electron chi connectivity index (χ0n) is 11.4. The van der Waals surface area contributed by atoms with Crippen molar-refractivity contribution in [1.29, 1.82) is 0 Å². The first-order chi connectivity index (χ1) is 8.59. The van der Waals surface area contributed by atoms with Crippen molar-refractivity contribution in [2.75, 3.05) is 0 Å². The fourth-order valence-corrected chi connectivity index (χ4v) is 3.22. The first-order valence-electron chi connectivity index (χ1n) is 7.04. The Morgan fingerprint density at radius 1 is 1.06 bits per heavy atom. The summed E-state index contributed by atoms with van der Waals surface area (Å²) in [6, 6.07) is 4.04.